The minimum Gasteiger partial charge on any atom is -0.256 e. The third kappa shape index (κ3) is 3.24. The van der Waals surface area contributed by atoms with Crippen LogP contribution >= 0.6 is 11.9 Å². The largest absolute Gasteiger partial charge is 0.256 e. The molecule has 1 heterocycles. The zero-order valence-electron chi connectivity index (χ0n) is 7.45. The average Bonchev–Trinajstić information content (AvgIpc) is 2.16. The van der Waals surface area contributed by atoms with E-state index < -0.39 is 0 Å². The van der Waals surface area contributed by atoms with Crippen LogP contribution in [0.1, 0.15) is 20.3 Å². The first kappa shape index (κ1) is 9.55. The van der Waals surface area contributed by atoms with Crippen molar-refractivity contribution < 1.29 is 0 Å². The predicted octanol–water partition coefficient (Wildman–Crippen LogP) is 2.48. The van der Waals surface area contributed by atoms with E-state index in [1.807, 2.05) is 18.2 Å². The van der Waals surface area contributed by atoms with Gasteiger partial charge in [-0.3, -0.25) is 4.72 Å². The Bertz CT molecular complexity index is 213. The maximum absolute atomic E-state index is 4.19. The maximum atomic E-state index is 4.19. The number of nitrogens with zero attached hydrogens (tertiary/aromatic N) is 1. The first-order valence-electron chi connectivity index (χ1n) is 4.16. The summed E-state index contributed by atoms with van der Waals surface area (Å²) in [6.07, 6.45) is 2.94. The molecule has 0 radical (unpaired) electrons. The average molecular weight is 182 g/mol. The van der Waals surface area contributed by atoms with Crippen molar-refractivity contribution in [2.45, 2.75) is 31.3 Å². The lowest BCUT2D eigenvalue weighted by Gasteiger charge is -2.08. The second kappa shape index (κ2) is 5.17. The Labute approximate surface area is 77.9 Å². The lowest BCUT2D eigenvalue weighted by molar-refractivity contribution is 0.668. The molecule has 1 rings (SSSR count). The van der Waals surface area contributed by atoms with Gasteiger partial charge in [-0.25, -0.2) is 4.98 Å². The summed E-state index contributed by atoms with van der Waals surface area (Å²) in [4.78, 5) is 4.19. The van der Waals surface area contributed by atoms with Gasteiger partial charge < -0.3 is 0 Å². The van der Waals surface area contributed by atoms with Crippen molar-refractivity contribution in [1.29, 1.82) is 0 Å². The third-order valence-electron chi connectivity index (χ3n) is 1.61. The van der Waals surface area contributed by atoms with Gasteiger partial charge in [0.15, 0.2) is 0 Å². The summed E-state index contributed by atoms with van der Waals surface area (Å²) in [5.74, 6) is 0. The number of rotatable bonds is 4. The molecule has 2 nitrogen and oxygen atoms in total. The van der Waals surface area contributed by atoms with E-state index in [-0.39, 0.29) is 0 Å². The summed E-state index contributed by atoms with van der Waals surface area (Å²) >= 11 is 1.59. The van der Waals surface area contributed by atoms with Gasteiger partial charge in [0.25, 0.3) is 0 Å². The first-order valence-corrected chi connectivity index (χ1v) is 4.98. The minimum absolute atomic E-state index is 0.539. The SMILES string of the molecule is CCC(C)NSc1ccccn1. The maximum Gasteiger partial charge on any atom is 0.111 e. The van der Waals surface area contributed by atoms with Crippen molar-refractivity contribution in [3.8, 4) is 0 Å². The molecule has 0 bridgehead atoms. The van der Waals surface area contributed by atoms with Crippen LogP contribution in [-0.4, -0.2) is 11.0 Å². The van der Waals surface area contributed by atoms with E-state index in [1.165, 1.54) is 0 Å². The van der Waals surface area contributed by atoms with Crippen LogP contribution in [0.3, 0.4) is 0 Å². The molecule has 1 aromatic rings. The van der Waals surface area contributed by atoms with Gasteiger partial charge in [0, 0.05) is 12.2 Å². The molecule has 1 N–H and O–H groups in total. The fourth-order valence-corrected chi connectivity index (χ4v) is 1.40. The summed E-state index contributed by atoms with van der Waals surface area (Å²) in [5.41, 5.74) is 0. The van der Waals surface area contributed by atoms with E-state index in [4.69, 9.17) is 0 Å². The molecule has 3 heteroatoms. The lowest BCUT2D eigenvalue weighted by atomic mass is 10.3. The summed E-state index contributed by atoms with van der Waals surface area (Å²) in [6, 6.07) is 6.46. The Morgan fingerprint density at radius 3 is 3.00 bits per heavy atom. The van der Waals surface area contributed by atoms with Crippen LogP contribution in [-0.2, 0) is 0 Å². The Balaban J connectivity index is 2.33. The van der Waals surface area contributed by atoms with Crippen molar-refractivity contribution in [2.75, 3.05) is 0 Å². The summed E-state index contributed by atoms with van der Waals surface area (Å²) < 4.78 is 3.30. The van der Waals surface area contributed by atoms with Crippen molar-refractivity contribution in [2.24, 2.45) is 0 Å². The highest BCUT2D eigenvalue weighted by Crippen LogP contribution is 2.10. The van der Waals surface area contributed by atoms with Gasteiger partial charge in [0.2, 0.25) is 0 Å². The van der Waals surface area contributed by atoms with Crippen molar-refractivity contribution >= 4 is 11.9 Å². The van der Waals surface area contributed by atoms with E-state index in [1.54, 1.807) is 18.1 Å². The van der Waals surface area contributed by atoms with E-state index in [0.717, 1.165) is 11.4 Å². The Hall–Kier alpha value is -0.540. The molecule has 66 valence electrons. The number of hydrogen-bond acceptors (Lipinski definition) is 3. The van der Waals surface area contributed by atoms with Gasteiger partial charge in [-0.05, 0) is 37.4 Å². The molecule has 0 aromatic carbocycles. The molecule has 12 heavy (non-hydrogen) atoms. The number of hydrogen-bond donors (Lipinski definition) is 1. The van der Waals surface area contributed by atoms with Crippen LogP contribution < -0.4 is 4.72 Å². The molecule has 1 unspecified atom stereocenters. The summed E-state index contributed by atoms with van der Waals surface area (Å²) in [6.45, 7) is 4.33. The molecule has 0 aliphatic carbocycles. The predicted molar refractivity (Wildman–Crippen MR) is 53.0 cm³/mol. The number of aromatic nitrogens is 1. The van der Waals surface area contributed by atoms with E-state index in [0.29, 0.717) is 6.04 Å². The molecule has 1 atom stereocenters. The van der Waals surface area contributed by atoms with Crippen molar-refractivity contribution in [3.63, 3.8) is 0 Å². The number of nitrogens with one attached hydrogen (secondary N) is 1. The monoisotopic (exact) mass is 182 g/mol. The molecular weight excluding hydrogens is 168 g/mol. The standard InChI is InChI=1S/C9H14N2S/c1-3-8(2)11-12-9-6-4-5-7-10-9/h4-8,11H,3H2,1-2H3. The topological polar surface area (TPSA) is 24.9 Å². The quantitative estimate of drug-likeness (QED) is 0.724. The minimum atomic E-state index is 0.539. The van der Waals surface area contributed by atoms with Gasteiger partial charge in [-0.2, -0.15) is 0 Å². The molecule has 0 saturated heterocycles. The van der Waals surface area contributed by atoms with Gasteiger partial charge in [-0.15, -0.1) is 0 Å². The van der Waals surface area contributed by atoms with Gasteiger partial charge in [0.05, 0.1) is 0 Å². The second-order valence-corrected chi connectivity index (χ2v) is 3.56. The fraction of sp³-hybridized carbons (Fsp3) is 0.444. The molecular formula is C9H14N2S. The lowest BCUT2D eigenvalue weighted by Crippen LogP contribution is -2.17. The zero-order valence-corrected chi connectivity index (χ0v) is 8.27. The summed E-state index contributed by atoms with van der Waals surface area (Å²) in [5, 5.41) is 1.03. The van der Waals surface area contributed by atoms with Crippen LogP contribution in [0.25, 0.3) is 0 Å². The number of pyridine rings is 1. The first-order chi connectivity index (χ1) is 5.83. The van der Waals surface area contributed by atoms with Crippen LogP contribution in [0.15, 0.2) is 29.4 Å². The Morgan fingerprint density at radius 2 is 2.42 bits per heavy atom. The Morgan fingerprint density at radius 1 is 1.58 bits per heavy atom. The van der Waals surface area contributed by atoms with Crippen LogP contribution in [0, 0.1) is 0 Å². The van der Waals surface area contributed by atoms with Crippen LogP contribution in [0.4, 0.5) is 0 Å². The van der Waals surface area contributed by atoms with E-state index in [9.17, 15) is 0 Å². The van der Waals surface area contributed by atoms with Crippen LogP contribution in [0.5, 0.6) is 0 Å². The smallest absolute Gasteiger partial charge is 0.111 e. The highest BCUT2D eigenvalue weighted by atomic mass is 32.2. The van der Waals surface area contributed by atoms with Crippen molar-refractivity contribution in [3.05, 3.63) is 24.4 Å². The zero-order chi connectivity index (χ0) is 8.81. The Kier molecular flexibility index (Phi) is 4.11. The van der Waals surface area contributed by atoms with Crippen LogP contribution in [0.2, 0.25) is 0 Å². The highest BCUT2D eigenvalue weighted by Gasteiger charge is 1.98. The molecule has 1 aromatic heterocycles. The molecule has 0 spiro atoms. The van der Waals surface area contributed by atoms with E-state index >= 15 is 0 Å². The van der Waals surface area contributed by atoms with E-state index in [2.05, 4.69) is 23.6 Å². The summed E-state index contributed by atoms with van der Waals surface area (Å²) in [7, 11) is 0. The molecule has 0 aliphatic heterocycles. The fourth-order valence-electron chi connectivity index (χ4n) is 0.652. The normalized spacial score (nSPS) is 12.8. The molecule has 0 amide bonds. The van der Waals surface area contributed by atoms with Crippen molar-refractivity contribution in [1.82, 2.24) is 9.71 Å². The molecule has 0 aliphatic rings. The van der Waals surface area contributed by atoms with Gasteiger partial charge in [0.1, 0.15) is 5.03 Å². The highest BCUT2D eigenvalue weighted by molar-refractivity contribution is 7.97. The molecule has 0 fully saturated rings. The van der Waals surface area contributed by atoms with Gasteiger partial charge in [-0.1, -0.05) is 13.0 Å². The second-order valence-electron chi connectivity index (χ2n) is 2.70. The molecule has 0 saturated carbocycles. The van der Waals surface area contributed by atoms with Gasteiger partial charge >= 0.3 is 0 Å². The third-order valence-corrected chi connectivity index (χ3v) is 2.59.